The van der Waals surface area contributed by atoms with Gasteiger partial charge < -0.3 is 9.47 Å². The molecule has 0 aliphatic heterocycles. The van der Waals surface area contributed by atoms with Gasteiger partial charge in [0.25, 0.3) is 0 Å². The Hall–Kier alpha value is -1.39. The first-order valence-electron chi connectivity index (χ1n) is 11.4. The van der Waals surface area contributed by atoms with Gasteiger partial charge in [-0.05, 0) is 62.2 Å². The van der Waals surface area contributed by atoms with Crippen LogP contribution in [-0.4, -0.2) is 30.9 Å². The Bertz CT molecular complexity index is 550. The monoisotopic (exact) mass is 390 g/mol. The highest BCUT2D eigenvalue weighted by Crippen LogP contribution is 2.45. The van der Waals surface area contributed by atoms with Gasteiger partial charge in [-0.2, -0.15) is 0 Å². The molecule has 0 aromatic heterocycles. The molecule has 6 unspecified atom stereocenters. The van der Waals surface area contributed by atoms with E-state index < -0.39 is 0 Å². The summed E-state index contributed by atoms with van der Waals surface area (Å²) in [5.74, 6) is 1.98. The molecule has 6 atom stereocenters. The van der Waals surface area contributed by atoms with Crippen LogP contribution in [0.2, 0.25) is 0 Å². The molecular formula is C23H34O5. The van der Waals surface area contributed by atoms with Crippen molar-refractivity contribution in [1.29, 1.82) is 0 Å². The molecular weight excluding hydrogens is 356 g/mol. The van der Waals surface area contributed by atoms with Gasteiger partial charge in [-0.15, -0.1) is 0 Å². The first-order chi connectivity index (χ1) is 13.6. The van der Waals surface area contributed by atoms with Crippen molar-refractivity contribution in [3.05, 3.63) is 0 Å². The van der Waals surface area contributed by atoms with Crippen molar-refractivity contribution in [2.75, 3.05) is 13.2 Å². The first kappa shape index (κ1) is 19.9. The topological polar surface area (TPSA) is 69.7 Å². The zero-order valence-corrected chi connectivity index (χ0v) is 16.9. The molecule has 4 aliphatic carbocycles. The Balaban J connectivity index is 1.13. The molecule has 0 spiro atoms. The van der Waals surface area contributed by atoms with Gasteiger partial charge in [0.15, 0.2) is 13.2 Å². The van der Waals surface area contributed by atoms with Crippen molar-refractivity contribution >= 4 is 17.7 Å². The molecule has 0 bridgehead atoms. The van der Waals surface area contributed by atoms with Gasteiger partial charge in [0.05, 0.1) is 11.8 Å². The van der Waals surface area contributed by atoms with Gasteiger partial charge >= 0.3 is 11.9 Å². The highest BCUT2D eigenvalue weighted by Gasteiger charge is 2.38. The lowest BCUT2D eigenvalue weighted by Gasteiger charge is -2.30. The summed E-state index contributed by atoms with van der Waals surface area (Å²) in [7, 11) is 0. The molecule has 4 aliphatic rings. The van der Waals surface area contributed by atoms with Crippen LogP contribution < -0.4 is 0 Å². The highest BCUT2D eigenvalue weighted by atomic mass is 16.6. The van der Waals surface area contributed by atoms with E-state index in [0.29, 0.717) is 11.8 Å². The number of hydrogen-bond acceptors (Lipinski definition) is 5. The van der Waals surface area contributed by atoms with Crippen LogP contribution in [0.5, 0.6) is 0 Å². The standard InChI is InChI=1S/C23H34O5/c24-21(13-27-22(25)19-9-7-15-3-1-5-17(15)11-19)14-28-23(26)20-10-8-16-4-2-6-18(16)12-20/h15-20H,1-14H2. The van der Waals surface area contributed by atoms with E-state index >= 15 is 0 Å². The number of rotatable bonds is 6. The third-order valence-electron chi connectivity index (χ3n) is 8.00. The van der Waals surface area contributed by atoms with Gasteiger partial charge in [0.1, 0.15) is 0 Å². The molecule has 28 heavy (non-hydrogen) atoms. The third kappa shape index (κ3) is 4.60. The second-order valence-corrected chi connectivity index (χ2v) is 9.68. The van der Waals surface area contributed by atoms with E-state index in [0.717, 1.165) is 50.4 Å². The predicted molar refractivity (Wildman–Crippen MR) is 103 cm³/mol. The molecule has 0 aromatic rings. The van der Waals surface area contributed by atoms with Gasteiger partial charge in [-0.25, -0.2) is 0 Å². The lowest BCUT2D eigenvalue weighted by atomic mass is 9.76. The zero-order valence-electron chi connectivity index (χ0n) is 16.9. The average molecular weight is 391 g/mol. The van der Waals surface area contributed by atoms with Crippen molar-refractivity contribution < 1.29 is 23.9 Å². The minimum atomic E-state index is -0.328. The summed E-state index contributed by atoms with van der Waals surface area (Å²) in [5.41, 5.74) is 0. The largest absolute Gasteiger partial charge is 0.457 e. The Kier molecular flexibility index (Phi) is 6.37. The van der Waals surface area contributed by atoms with E-state index in [2.05, 4.69) is 0 Å². The zero-order chi connectivity index (χ0) is 19.5. The molecule has 5 nitrogen and oxygen atoms in total. The molecule has 156 valence electrons. The van der Waals surface area contributed by atoms with Crippen LogP contribution in [0.15, 0.2) is 0 Å². The smallest absolute Gasteiger partial charge is 0.309 e. The van der Waals surface area contributed by atoms with Crippen molar-refractivity contribution in [1.82, 2.24) is 0 Å². The van der Waals surface area contributed by atoms with Crippen molar-refractivity contribution in [3.63, 3.8) is 0 Å². The lowest BCUT2D eigenvalue weighted by molar-refractivity contribution is -0.158. The van der Waals surface area contributed by atoms with Crippen molar-refractivity contribution in [2.45, 2.75) is 77.0 Å². The fourth-order valence-electron chi connectivity index (χ4n) is 6.41. The second kappa shape index (κ2) is 8.96. The predicted octanol–water partition coefficient (Wildman–Crippen LogP) is 4.07. The second-order valence-electron chi connectivity index (χ2n) is 9.68. The summed E-state index contributed by atoms with van der Waals surface area (Å²) < 4.78 is 10.5. The quantitative estimate of drug-likeness (QED) is 0.639. The summed E-state index contributed by atoms with van der Waals surface area (Å²) in [5, 5.41) is 0. The van der Waals surface area contributed by atoms with Crippen LogP contribution in [0.3, 0.4) is 0 Å². The Labute approximate surface area is 167 Å². The summed E-state index contributed by atoms with van der Waals surface area (Å²) in [4.78, 5) is 36.6. The SMILES string of the molecule is O=C(COC(=O)C1CCC2CCCC2C1)COC(=O)C1CCC2CCCC2C1. The average Bonchev–Trinajstić information content (AvgIpc) is 3.37. The maximum absolute atomic E-state index is 12.3. The first-order valence-corrected chi connectivity index (χ1v) is 11.4. The third-order valence-corrected chi connectivity index (χ3v) is 8.00. The number of Topliss-reactive ketones (excluding diaryl/α,β-unsaturated/α-hetero) is 1. The van der Waals surface area contributed by atoms with E-state index in [9.17, 15) is 14.4 Å². The summed E-state index contributed by atoms with van der Waals surface area (Å²) >= 11 is 0. The number of carbonyl (C=O) groups excluding carboxylic acids is 3. The van der Waals surface area contributed by atoms with Crippen LogP contribution in [0.25, 0.3) is 0 Å². The van der Waals surface area contributed by atoms with E-state index in [1.54, 1.807) is 0 Å². The molecule has 4 rings (SSSR count). The maximum Gasteiger partial charge on any atom is 0.309 e. The van der Waals surface area contributed by atoms with Crippen LogP contribution in [0.1, 0.15) is 77.0 Å². The Morgan fingerprint density at radius 1 is 0.571 bits per heavy atom. The minimum absolute atomic E-state index is 0.0590. The number of hydrogen-bond donors (Lipinski definition) is 0. The molecule has 4 fully saturated rings. The molecule has 5 heteroatoms. The number of carbonyl (C=O) groups is 3. The molecule has 0 saturated heterocycles. The minimum Gasteiger partial charge on any atom is -0.457 e. The molecule has 0 N–H and O–H groups in total. The Morgan fingerprint density at radius 3 is 1.46 bits per heavy atom. The van der Waals surface area contributed by atoms with Crippen molar-refractivity contribution in [3.8, 4) is 0 Å². The van der Waals surface area contributed by atoms with E-state index in [1.165, 1.54) is 38.5 Å². The number of fused-ring (bicyclic) bond motifs is 2. The summed E-state index contributed by atoms with van der Waals surface area (Å²) in [6.45, 7) is -0.544. The fraction of sp³-hybridized carbons (Fsp3) is 0.870. The highest BCUT2D eigenvalue weighted by molar-refractivity contribution is 5.86. The summed E-state index contributed by atoms with van der Waals surface area (Å²) in [6.07, 6.45) is 13.4. The van der Waals surface area contributed by atoms with Gasteiger partial charge in [-0.1, -0.05) is 38.5 Å². The number of ketones is 1. The molecule has 0 radical (unpaired) electrons. The van der Waals surface area contributed by atoms with Gasteiger partial charge in [-0.3, -0.25) is 14.4 Å². The van der Waals surface area contributed by atoms with E-state index in [-0.39, 0.29) is 42.8 Å². The lowest BCUT2D eigenvalue weighted by Crippen LogP contribution is -2.31. The van der Waals surface area contributed by atoms with Gasteiger partial charge in [0.2, 0.25) is 5.78 Å². The summed E-state index contributed by atoms with van der Waals surface area (Å²) in [6, 6.07) is 0. The van der Waals surface area contributed by atoms with E-state index in [1.807, 2.05) is 0 Å². The van der Waals surface area contributed by atoms with Crippen LogP contribution >= 0.6 is 0 Å². The van der Waals surface area contributed by atoms with Crippen LogP contribution in [0.4, 0.5) is 0 Å². The molecule has 0 amide bonds. The molecule has 4 saturated carbocycles. The number of ether oxygens (including phenoxy) is 2. The van der Waals surface area contributed by atoms with Gasteiger partial charge in [0, 0.05) is 0 Å². The normalized spacial score (nSPS) is 37.0. The van der Waals surface area contributed by atoms with Crippen LogP contribution in [-0.2, 0) is 23.9 Å². The maximum atomic E-state index is 12.3. The van der Waals surface area contributed by atoms with Crippen molar-refractivity contribution in [2.24, 2.45) is 35.5 Å². The molecule has 0 aromatic carbocycles. The fourth-order valence-corrected chi connectivity index (χ4v) is 6.41. The molecule has 0 heterocycles. The number of esters is 2. The Morgan fingerprint density at radius 2 is 1.00 bits per heavy atom. The van der Waals surface area contributed by atoms with Crippen LogP contribution in [0, 0.1) is 35.5 Å². The van der Waals surface area contributed by atoms with E-state index in [4.69, 9.17) is 9.47 Å².